The number of carbonyl (C=O) groups is 1. The van der Waals surface area contributed by atoms with Crippen molar-refractivity contribution in [3.8, 4) is 17.1 Å². The number of para-hydroxylation sites is 1. The van der Waals surface area contributed by atoms with Crippen LogP contribution in [-0.4, -0.2) is 40.7 Å². The Balaban J connectivity index is 1.50. The largest absolute Gasteiger partial charge is 0.360 e. The summed E-state index contributed by atoms with van der Waals surface area (Å²) < 4.78 is 3.81. The molecule has 9 heteroatoms. The first kappa shape index (κ1) is 22.9. The van der Waals surface area contributed by atoms with Crippen molar-refractivity contribution in [2.75, 3.05) is 5.32 Å². The molecule has 1 unspecified atom stereocenters. The third-order valence-corrected chi connectivity index (χ3v) is 6.83. The zero-order chi connectivity index (χ0) is 24.5. The third kappa shape index (κ3) is 4.46. The van der Waals surface area contributed by atoms with Gasteiger partial charge in [-0.05, 0) is 51.5 Å². The van der Waals surface area contributed by atoms with Gasteiger partial charge in [-0.3, -0.25) is 9.36 Å². The van der Waals surface area contributed by atoms with Gasteiger partial charge in [0.25, 0.3) is 0 Å². The molecule has 5 rings (SSSR count). The van der Waals surface area contributed by atoms with Crippen molar-refractivity contribution in [1.82, 2.24) is 29.5 Å². The SMILES string of the molecule is Cc1cccc(-n2c(SC(C)C(=O)Nc3ccnn3C(C)C)nnc2-c2c[nH]c3ccccc23)c1. The first-order chi connectivity index (χ1) is 16.9. The second-order valence-corrected chi connectivity index (χ2v) is 10.0. The number of rotatable bonds is 7. The Hall–Kier alpha value is -3.85. The molecule has 35 heavy (non-hydrogen) atoms. The number of carbonyl (C=O) groups excluding carboxylic acids is 1. The summed E-state index contributed by atoms with van der Waals surface area (Å²) in [5.74, 6) is 1.28. The predicted octanol–water partition coefficient (Wildman–Crippen LogP) is 5.62. The number of aryl methyl sites for hydroxylation is 1. The second kappa shape index (κ2) is 9.42. The quantitative estimate of drug-likeness (QED) is 0.292. The highest BCUT2D eigenvalue weighted by atomic mass is 32.2. The number of aromatic amines is 1. The second-order valence-electron chi connectivity index (χ2n) is 8.73. The minimum absolute atomic E-state index is 0.121. The minimum atomic E-state index is -0.408. The maximum atomic E-state index is 13.1. The molecule has 2 N–H and O–H groups in total. The van der Waals surface area contributed by atoms with E-state index >= 15 is 0 Å². The van der Waals surface area contributed by atoms with Crippen molar-refractivity contribution < 1.29 is 4.79 Å². The van der Waals surface area contributed by atoms with Gasteiger partial charge in [0.2, 0.25) is 5.91 Å². The molecule has 0 saturated heterocycles. The molecule has 0 aliphatic carbocycles. The first-order valence-corrected chi connectivity index (χ1v) is 12.4. The Labute approximate surface area is 207 Å². The summed E-state index contributed by atoms with van der Waals surface area (Å²) >= 11 is 1.38. The summed E-state index contributed by atoms with van der Waals surface area (Å²) in [6.45, 7) is 7.98. The molecule has 3 heterocycles. The standard InChI is InChI=1S/C26H27N7OS/c1-16(2)33-23(12-13-28-33)29-25(34)18(4)35-26-31-30-24(32(26)19-9-7-8-17(3)14-19)21-15-27-22-11-6-5-10-20(21)22/h5-16,18,27H,1-4H3,(H,29,34). The van der Waals surface area contributed by atoms with E-state index in [1.54, 1.807) is 16.9 Å². The van der Waals surface area contributed by atoms with Crippen LogP contribution in [0.4, 0.5) is 5.82 Å². The minimum Gasteiger partial charge on any atom is -0.360 e. The topological polar surface area (TPSA) is 93.4 Å². The maximum absolute atomic E-state index is 13.1. The van der Waals surface area contributed by atoms with Crippen LogP contribution in [0.2, 0.25) is 0 Å². The normalized spacial score (nSPS) is 12.4. The van der Waals surface area contributed by atoms with Crippen molar-refractivity contribution >= 4 is 34.4 Å². The molecule has 3 aromatic heterocycles. The highest BCUT2D eigenvalue weighted by Gasteiger charge is 2.24. The number of anilines is 1. The van der Waals surface area contributed by atoms with E-state index in [2.05, 4.69) is 50.7 Å². The summed E-state index contributed by atoms with van der Waals surface area (Å²) in [4.78, 5) is 16.4. The van der Waals surface area contributed by atoms with Crippen LogP contribution in [0.5, 0.6) is 0 Å². The van der Waals surface area contributed by atoms with E-state index in [1.165, 1.54) is 11.8 Å². The third-order valence-electron chi connectivity index (χ3n) is 5.79. The fourth-order valence-electron chi connectivity index (χ4n) is 4.04. The molecule has 0 bridgehead atoms. The van der Waals surface area contributed by atoms with Crippen LogP contribution < -0.4 is 5.32 Å². The summed E-state index contributed by atoms with van der Waals surface area (Å²) in [5.41, 5.74) is 4.07. The van der Waals surface area contributed by atoms with E-state index in [4.69, 9.17) is 0 Å². The average molecular weight is 486 g/mol. The van der Waals surface area contributed by atoms with E-state index in [0.29, 0.717) is 11.0 Å². The van der Waals surface area contributed by atoms with Crippen molar-refractivity contribution in [3.05, 3.63) is 72.6 Å². The van der Waals surface area contributed by atoms with Crippen LogP contribution in [0.25, 0.3) is 28.0 Å². The van der Waals surface area contributed by atoms with Gasteiger partial charge in [0.05, 0.1) is 11.4 Å². The number of nitrogens with one attached hydrogen (secondary N) is 2. The first-order valence-electron chi connectivity index (χ1n) is 11.5. The Morgan fingerprint density at radius 1 is 1.06 bits per heavy atom. The van der Waals surface area contributed by atoms with E-state index in [0.717, 1.165) is 33.5 Å². The van der Waals surface area contributed by atoms with Crippen LogP contribution >= 0.6 is 11.8 Å². The predicted molar refractivity (Wildman–Crippen MR) is 140 cm³/mol. The van der Waals surface area contributed by atoms with Gasteiger partial charge in [-0.25, -0.2) is 4.68 Å². The number of hydrogen-bond acceptors (Lipinski definition) is 5. The van der Waals surface area contributed by atoms with Gasteiger partial charge < -0.3 is 10.3 Å². The summed E-state index contributed by atoms with van der Waals surface area (Å²) in [6.07, 6.45) is 3.65. The van der Waals surface area contributed by atoms with Crippen molar-refractivity contribution in [3.63, 3.8) is 0 Å². The van der Waals surface area contributed by atoms with Crippen molar-refractivity contribution in [1.29, 1.82) is 0 Å². The summed E-state index contributed by atoms with van der Waals surface area (Å²) in [5, 5.41) is 17.7. The molecule has 0 aliphatic rings. The number of benzene rings is 2. The van der Waals surface area contributed by atoms with Gasteiger partial charge >= 0.3 is 0 Å². The van der Waals surface area contributed by atoms with Gasteiger partial charge in [0.1, 0.15) is 5.82 Å². The number of aromatic nitrogens is 6. The van der Waals surface area contributed by atoms with Gasteiger partial charge in [-0.2, -0.15) is 5.10 Å². The fourth-order valence-corrected chi connectivity index (χ4v) is 4.91. The van der Waals surface area contributed by atoms with Crippen molar-refractivity contribution in [2.45, 2.75) is 44.1 Å². The van der Waals surface area contributed by atoms with Crippen molar-refractivity contribution in [2.24, 2.45) is 0 Å². The Morgan fingerprint density at radius 3 is 2.69 bits per heavy atom. The lowest BCUT2D eigenvalue weighted by molar-refractivity contribution is -0.115. The van der Waals surface area contributed by atoms with E-state index in [-0.39, 0.29) is 11.9 Å². The van der Waals surface area contributed by atoms with Gasteiger partial charge in [-0.15, -0.1) is 10.2 Å². The Bertz CT molecular complexity index is 1500. The monoisotopic (exact) mass is 485 g/mol. The molecule has 0 saturated carbocycles. The molecule has 1 atom stereocenters. The molecule has 1 amide bonds. The van der Waals surface area contributed by atoms with Crippen LogP contribution in [0.15, 0.2) is 72.1 Å². The van der Waals surface area contributed by atoms with E-state index < -0.39 is 5.25 Å². The molecule has 0 fully saturated rings. The lowest BCUT2D eigenvalue weighted by Gasteiger charge is -2.16. The van der Waals surface area contributed by atoms with E-state index in [1.807, 2.05) is 61.9 Å². The Kier molecular flexibility index (Phi) is 6.17. The van der Waals surface area contributed by atoms with E-state index in [9.17, 15) is 4.79 Å². The van der Waals surface area contributed by atoms with Crippen LogP contribution in [-0.2, 0) is 4.79 Å². The number of thioether (sulfide) groups is 1. The smallest absolute Gasteiger partial charge is 0.238 e. The zero-order valence-corrected chi connectivity index (χ0v) is 20.9. The number of amides is 1. The molecular weight excluding hydrogens is 458 g/mol. The lowest BCUT2D eigenvalue weighted by Crippen LogP contribution is -2.25. The summed E-state index contributed by atoms with van der Waals surface area (Å²) in [7, 11) is 0. The molecule has 8 nitrogen and oxygen atoms in total. The maximum Gasteiger partial charge on any atom is 0.238 e. The number of H-pyrrole nitrogens is 1. The molecule has 178 valence electrons. The number of hydrogen-bond donors (Lipinski definition) is 2. The fraction of sp³-hybridized carbons (Fsp3) is 0.231. The van der Waals surface area contributed by atoms with Crippen LogP contribution in [0.3, 0.4) is 0 Å². The lowest BCUT2D eigenvalue weighted by atomic mass is 10.1. The molecule has 0 spiro atoms. The van der Waals surface area contributed by atoms with Gasteiger partial charge in [0, 0.05) is 40.5 Å². The number of fused-ring (bicyclic) bond motifs is 1. The molecule has 5 aromatic rings. The van der Waals surface area contributed by atoms with Gasteiger partial charge in [0.15, 0.2) is 11.0 Å². The molecule has 2 aromatic carbocycles. The number of nitrogens with zero attached hydrogens (tertiary/aromatic N) is 5. The summed E-state index contributed by atoms with van der Waals surface area (Å²) in [6, 6.07) is 18.3. The Morgan fingerprint density at radius 2 is 1.89 bits per heavy atom. The van der Waals surface area contributed by atoms with Gasteiger partial charge in [-0.1, -0.05) is 42.1 Å². The van der Waals surface area contributed by atoms with Crippen LogP contribution in [0.1, 0.15) is 32.4 Å². The molecule has 0 aliphatic heterocycles. The zero-order valence-electron chi connectivity index (χ0n) is 20.1. The highest BCUT2D eigenvalue weighted by Crippen LogP contribution is 2.34. The molecular formula is C26H27N7OS. The molecule has 0 radical (unpaired) electrons. The van der Waals surface area contributed by atoms with Crippen LogP contribution in [0, 0.1) is 6.92 Å². The average Bonchev–Trinajstić information content (AvgIpc) is 3.57. The highest BCUT2D eigenvalue weighted by molar-refractivity contribution is 8.00.